The molecule has 3 aromatic heterocycles. The van der Waals surface area contributed by atoms with Gasteiger partial charge in [0, 0.05) is 13.1 Å². The van der Waals surface area contributed by atoms with Crippen LogP contribution < -0.4 is 10.9 Å². The number of carbonyl (C=O) groups excluding carboxylic acids is 1. The Labute approximate surface area is 183 Å². The molecule has 0 bridgehead atoms. The first-order valence-corrected chi connectivity index (χ1v) is 11.1. The van der Waals surface area contributed by atoms with Crippen LogP contribution in [-0.2, 0) is 30.8 Å². The standard InChI is InChI=1S/C22H23N5O3S/c1-2-26-14-18-20(25-26)21(29)27(11-10-16-7-4-3-5-8-16)22(24-18)31-15-19(28)23-13-17-9-6-12-30-17/h3-9,12,14H,2,10-11,13,15H2,1H3,(H,23,28). The molecule has 4 rings (SSSR count). The predicted octanol–water partition coefficient (Wildman–Crippen LogP) is 2.86. The normalized spacial score (nSPS) is 11.1. The highest BCUT2D eigenvalue weighted by molar-refractivity contribution is 7.99. The quantitative estimate of drug-likeness (QED) is 0.320. The third-order valence-corrected chi connectivity index (χ3v) is 5.78. The van der Waals surface area contributed by atoms with Crippen LogP contribution in [0.5, 0.6) is 0 Å². The topological polar surface area (TPSA) is 95.0 Å². The van der Waals surface area contributed by atoms with Crippen molar-refractivity contribution in [2.75, 3.05) is 5.75 Å². The predicted molar refractivity (Wildman–Crippen MR) is 119 cm³/mol. The second-order valence-electron chi connectivity index (χ2n) is 6.95. The Morgan fingerprint density at radius 1 is 1.19 bits per heavy atom. The molecule has 0 radical (unpaired) electrons. The van der Waals surface area contributed by atoms with Gasteiger partial charge in [-0.2, -0.15) is 5.10 Å². The van der Waals surface area contributed by atoms with E-state index in [1.165, 1.54) is 11.8 Å². The van der Waals surface area contributed by atoms with E-state index in [0.717, 1.165) is 5.56 Å². The molecule has 3 heterocycles. The molecule has 4 aromatic rings. The van der Waals surface area contributed by atoms with Gasteiger partial charge in [0.25, 0.3) is 5.56 Å². The summed E-state index contributed by atoms with van der Waals surface area (Å²) in [7, 11) is 0. The molecule has 8 nitrogen and oxygen atoms in total. The van der Waals surface area contributed by atoms with Crippen molar-refractivity contribution in [3.8, 4) is 0 Å². The van der Waals surface area contributed by atoms with Crippen LogP contribution in [0.15, 0.2) is 69.3 Å². The van der Waals surface area contributed by atoms with Crippen molar-refractivity contribution >= 4 is 28.7 Å². The lowest BCUT2D eigenvalue weighted by molar-refractivity contribution is -0.118. The molecule has 0 saturated carbocycles. The van der Waals surface area contributed by atoms with Crippen molar-refractivity contribution in [1.29, 1.82) is 0 Å². The highest BCUT2D eigenvalue weighted by Crippen LogP contribution is 2.18. The maximum atomic E-state index is 13.1. The number of aryl methyl sites for hydroxylation is 2. The summed E-state index contributed by atoms with van der Waals surface area (Å²) in [5.41, 5.74) is 1.83. The summed E-state index contributed by atoms with van der Waals surface area (Å²) in [6, 6.07) is 13.5. The minimum absolute atomic E-state index is 0.145. The largest absolute Gasteiger partial charge is 0.467 e. The summed E-state index contributed by atoms with van der Waals surface area (Å²) in [6.45, 7) is 3.39. The molecule has 0 saturated heterocycles. The Bertz CT molecular complexity index is 1220. The van der Waals surface area contributed by atoms with E-state index in [9.17, 15) is 9.59 Å². The van der Waals surface area contributed by atoms with Crippen LogP contribution in [0.2, 0.25) is 0 Å². The first-order chi connectivity index (χ1) is 15.1. The monoisotopic (exact) mass is 437 g/mol. The van der Waals surface area contributed by atoms with Crippen LogP contribution >= 0.6 is 11.8 Å². The highest BCUT2D eigenvalue weighted by atomic mass is 32.2. The number of thioether (sulfide) groups is 1. The third-order valence-electron chi connectivity index (χ3n) is 4.80. The SMILES string of the molecule is CCn1cc2nc(SCC(=O)NCc3ccco3)n(CCc3ccccc3)c(=O)c2n1. The van der Waals surface area contributed by atoms with Crippen LogP contribution in [0.4, 0.5) is 0 Å². The summed E-state index contributed by atoms with van der Waals surface area (Å²) in [5, 5.41) is 7.69. The number of nitrogens with one attached hydrogen (secondary N) is 1. The Kier molecular flexibility index (Phi) is 6.51. The molecular weight excluding hydrogens is 414 g/mol. The van der Waals surface area contributed by atoms with E-state index in [4.69, 9.17) is 4.42 Å². The molecule has 1 aromatic carbocycles. The molecule has 0 atom stereocenters. The number of hydrogen-bond acceptors (Lipinski definition) is 6. The average molecular weight is 438 g/mol. The molecule has 0 spiro atoms. The fraction of sp³-hybridized carbons (Fsp3) is 0.273. The van der Waals surface area contributed by atoms with E-state index in [0.29, 0.717) is 48.0 Å². The zero-order valence-corrected chi connectivity index (χ0v) is 18.0. The molecule has 0 fully saturated rings. The molecule has 1 amide bonds. The minimum Gasteiger partial charge on any atom is -0.467 e. The van der Waals surface area contributed by atoms with E-state index in [2.05, 4.69) is 15.4 Å². The fourth-order valence-corrected chi connectivity index (χ4v) is 4.01. The van der Waals surface area contributed by atoms with E-state index in [-0.39, 0.29) is 17.2 Å². The maximum absolute atomic E-state index is 13.1. The Hall–Kier alpha value is -3.33. The van der Waals surface area contributed by atoms with Crippen molar-refractivity contribution in [1.82, 2.24) is 24.6 Å². The van der Waals surface area contributed by atoms with Crippen molar-refractivity contribution in [2.45, 2.75) is 38.1 Å². The first-order valence-electron chi connectivity index (χ1n) is 10.1. The maximum Gasteiger partial charge on any atom is 0.282 e. The van der Waals surface area contributed by atoms with Crippen LogP contribution in [-0.4, -0.2) is 31.0 Å². The zero-order valence-electron chi connectivity index (χ0n) is 17.2. The van der Waals surface area contributed by atoms with Crippen molar-refractivity contribution in [3.05, 3.63) is 76.6 Å². The summed E-state index contributed by atoms with van der Waals surface area (Å²) < 4.78 is 8.55. The summed E-state index contributed by atoms with van der Waals surface area (Å²) in [6.07, 6.45) is 4.01. The number of carbonyl (C=O) groups is 1. The summed E-state index contributed by atoms with van der Waals surface area (Å²) >= 11 is 1.25. The molecule has 0 aliphatic heterocycles. The van der Waals surface area contributed by atoms with Gasteiger partial charge in [0.05, 0.1) is 24.8 Å². The molecule has 1 N–H and O–H groups in total. The van der Waals surface area contributed by atoms with Gasteiger partial charge in [0.1, 0.15) is 11.3 Å². The highest BCUT2D eigenvalue weighted by Gasteiger charge is 2.16. The second kappa shape index (κ2) is 9.65. The van der Waals surface area contributed by atoms with E-state index in [1.54, 1.807) is 33.8 Å². The van der Waals surface area contributed by atoms with Crippen LogP contribution in [0.1, 0.15) is 18.2 Å². The van der Waals surface area contributed by atoms with Gasteiger partial charge in [-0.25, -0.2) is 4.98 Å². The van der Waals surface area contributed by atoms with Gasteiger partial charge in [-0.3, -0.25) is 18.8 Å². The lowest BCUT2D eigenvalue weighted by Gasteiger charge is -2.11. The summed E-state index contributed by atoms with van der Waals surface area (Å²) in [5.74, 6) is 0.672. The second-order valence-corrected chi connectivity index (χ2v) is 7.89. The van der Waals surface area contributed by atoms with Crippen molar-refractivity contribution < 1.29 is 9.21 Å². The molecule has 31 heavy (non-hydrogen) atoms. The summed E-state index contributed by atoms with van der Waals surface area (Å²) in [4.78, 5) is 30.1. The number of benzene rings is 1. The average Bonchev–Trinajstić information content (AvgIpc) is 3.46. The van der Waals surface area contributed by atoms with Gasteiger partial charge in [-0.1, -0.05) is 42.1 Å². The van der Waals surface area contributed by atoms with Gasteiger partial charge >= 0.3 is 0 Å². The molecule has 160 valence electrons. The van der Waals surface area contributed by atoms with Crippen molar-refractivity contribution in [3.63, 3.8) is 0 Å². The van der Waals surface area contributed by atoms with E-state index < -0.39 is 0 Å². The van der Waals surface area contributed by atoms with Gasteiger partial charge in [-0.15, -0.1) is 0 Å². The number of fused-ring (bicyclic) bond motifs is 1. The lowest BCUT2D eigenvalue weighted by Crippen LogP contribution is -2.27. The van der Waals surface area contributed by atoms with E-state index >= 15 is 0 Å². The lowest BCUT2D eigenvalue weighted by atomic mass is 10.1. The fourth-order valence-electron chi connectivity index (χ4n) is 3.16. The molecule has 0 unspecified atom stereocenters. The van der Waals surface area contributed by atoms with Gasteiger partial charge < -0.3 is 9.73 Å². The number of furan rings is 1. The molecular formula is C22H23N5O3S. The van der Waals surface area contributed by atoms with Gasteiger partial charge in [0.15, 0.2) is 10.7 Å². The molecule has 9 heteroatoms. The smallest absolute Gasteiger partial charge is 0.282 e. The Morgan fingerprint density at radius 3 is 2.77 bits per heavy atom. The number of amides is 1. The van der Waals surface area contributed by atoms with Gasteiger partial charge in [0.2, 0.25) is 5.91 Å². The number of nitrogens with zero attached hydrogens (tertiary/aromatic N) is 4. The first kappa shape index (κ1) is 20.9. The number of aromatic nitrogens is 4. The zero-order chi connectivity index (χ0) is 21.6. The van der Waals surface area contributed by atoms with E-state index in [1.807, 2.05) is 37.3 Å². The van der Waals surface area contributed by atoms with Gasteiger partial charge in [-0.05, 0) is 31.0 Å². The van der Waals surface area contributed by atoms with Crippen LogP contribution in [0.3, 0.4) is 0 Å². The Morgan fingerprint density at radius 2 is 2.03 bits per heavy atom. The molecule has 0 aliphatic rings. The minimum atomic E-state index is -0.188. The van der Waals surface area contributed by atoms with Crippen LogP contribution in [0, 0.1) is 0 Å². The number of hydrogen-bond donors (Lipinski definition) is 1. The third kappa shape index (κ3) is 5.05. The molecule has 0 aliphatic carbocycles. The number of rotatable bonds is 9. The van der Waals surface area contributed by atoms with Crippen molar-refractivity contribution in [2.24, 2.45) is 0 Å². The Balaban J connectivity index is 1.54. The van der Waals surface area contributed by atoms with Crippen LogP contribution in [0.25, 0.3) is 11.0 Å².